The number of hydrogen-bond donors (Lipinski definition) is 2. The predicted molar refractivity (Wildman–Crippen MR) is 123 cm³/mol. The third-order valence-corrected chi connectivity index (χ3v) is 5.60. The van der Waals surface area contributed by atoms with Gasteiger partial charge in [0.1, 0.15) is 0 Å². The molecule has 176 valence electrons. The lowest BCUT2D eigenvalue weighted by atomic mass is 10.1. The average Bonchev–Trinajstić information content (AvgIpc) is 3.54. The Kier molecular flexibility index (Phi) is 6.83. The molecule has 2 amide bonds. The molecule has 0 saturated heterocycles. The fraction of sp³-hybridized carbons (Fsp3) is 0.174. The summed E-state index contributed by atoms with van der Waals surface area (Å²) in [6, 6.07) is 11.1. The van der Waals surface area contributed by atoms with Crippen molar-refractivity contribution in [2.45, 2.75) is 0 Å². The number of benzene rings is 2. The number of methoxy groups -OCH3 is 2. The summed E-state index contributed by atoms with van der Waals surface area (Å²) in [7, 11) is 2.84. The summed E-state index contributed by atoms with van der Waals surface area (Å²) < 4.78 is 26.2. The second-order valence-electron chi connectivity index (χ2n) is 6.88. The van der Waals surface area contributed by atoms with E-state index in [0.29, 0.717) is 27.8 Å². The van der Waals surface area contributed by atoms with Crippen LogP contribution in [0.1, 0.15) is 20.0 Å². The fourth-order valence-electron chi connectivity index (χ4n) is 3.12. The number of esters is 1. The maximum absolute atomic E-state index is 12.8. The molecule has 0 fully saturated rings. The molecule has 0 spiro atoms. The highest BCUT2D eigenvalue weighted by molar-refractivity contribution is 7.12. The Morgan fingerprint density at radius 3 is 2.47 bits per heavy atom. The van der Waals surface area contributed by atoms with Gasteiger partial charge in [-0.2, -0.15) is 0 Å². The number of ether oxygens (including phenoxy) is 5. The van der Waals surface area contributed by atoms with Crippen molar-refractivity contribution in [1.29, 1.82) is 0 Å². The Balaban J connectivity index is 1.47. The van der Waals surface area contributed by atoms with Crippen LogP contribution in [0.25, 0.3) is 0 Å². The van der Waals surface area contributed by atoms with E-state index < -0.39 is 24.4 Å². The van der Waals surface area contributed by atoms with Crippen LogP contribution >= 0.6 is 11.3 Å². The van der Waals surface area contributed by atoms with Crippen LogP contribution in [0.5, 0.6) is 23.0 Å². The molecule has 34 heavy (non-hydrogen) atoms. The van der Waals surface area contributed by atoms with E-state index in [4.69, 9.17) is 23.7 Å². The van der Waals surface area contributed by atoms with Gasteiger partial charge in [-0.15, -0.1) is 11.3 Å². The Morgan fingerprint density at radius 2 is 1.74 bits per heavy atom. The SMILES string of the molecule is COc1cc(NC(=O)c2cccs2)c(C(=O)OCC(=O)Nc2ccc3c(c2)OCO3)cc1OC. The molecule has 0 aliphatic carbocycles. The topological polar surface area (TPSA) is 121 Å². The maximum atomic E-state index is 12.8. The van der Waals surface area contributed by atoms with Crippen molar-refractivity contribution in [3.8, 4) is 23.0 Å². The number of fused-ring (bicyclic) bond motifs is 1. The van der Waals surface area contributed by atoms with E-state index in [1.807, 2.05) is 0 Å². The molecule has 0 atom stereocenters. The molecule has 0 radical (unpaired) electrons. The highest BCUT2D eigenvalue weighted by Gasteiger charge is 2.22. The predicted octanol–water partition coefficient (Wildman–Crippen LogP) is 3.54. The van der Waals surface area contributed by atoms with Crippen LogP contribution < -0.4 is 29.6 Å². The first-order valence-corrected chi connectivity index (χ1v) is 10.8. The zero-order valence-electron chi connectivity index (χ0n) is 18.2. The van der Waals surface area contributed by atoms with Crippen LogP contribution in [0.3, 0.4) is 0 Å². The van der Waals surface area contributed by atoms with Crippen LogP contribution in [0.2, 0.25) is 0 Å². The lowest BCUT2D eigenvalue weighted by molar-refractivity contribution is -0.119. The van der Waals surface area contributed by atoms with Gasteiger partial charge >= 0.3 is 5.97 Å². The number of nitrogens with one attached hydrogen (secondary N) is 2. The number of carbonyl (C=O) groups excluding carboxylic acids is 3. The quantitative estimate of drug-likeness (QED) is 0.466. The second kappa shape index (κ2) is 10.1. The Bertz CT molecular complexity index is 1230. The highest BCUT2D eigenvalue weighted by Crippen LogP contribution is 2.35. The standard InChI is InChI=1S/C23H20N2O8S/c1-29-17-9-14(15(10-18(17)30-2)25-22(27)20-4-3-7-34-20)23(28)31-11-21(26)24-13-5-6-16-19(8-13)33-12-32-16/h3-10H,11-12H2,1-2H3,(H,24,26)(H,25,27). The Labute approximate surface area is 198 Å². The first-order valence-electron chi connectivity index (χ1n) is 9.96. The van der Waals surface area contributed by atoms with Gasteiger partial charge in [0.25, 0.3) is 11.8 Å². The summed E-state index contributed by atoms with van der Waals surface area (Å²) in [6.45, 7) is -0.443. The van der Waals surface area contributed by atoms with Gasteiger partial charge in [0, 0.05) is 23.9 Å². The fourth-order valence-corrected chi connectivity index (χ4v) is 3.74. The van der Waals surface area contributed by atoms with Crippen LogP contribution in [-0.2, 0) is 9.53 Å². The molecule has 1 aromatic heterocycles. The van der Waals surface area contributed by atoms with E-state index in [1.54, 1.807) is 35.7 Å². The van der Waals surface area contributed by atoms with Gasteiger partial charge in [-0.3, -0.25) is 9.59 Å². The van der Waals surface area contributed by atoms with E-state index >= 15 is 0 Å². The zero-order chi connectivity index (χ0) is 24.1. The summed E-state index contributed by atoms with van der Waals surface area (Å²) in [5.41, 5.74) is 0.607. The number of thiophene rings is 1. The second-order valence-corrected chi connectivity index (χ2v) is 7.82. The van der Waals surface area contributed by atoms with Gasteiger partial charge in [0.05, 0.1) is 30.3 Å². The van der Waals surface area contributed by atoms with Gasteiger partial charge < -0.3 is 34.3 Å². The van der Waals surface area contributed by atoms with Gasteiger partial charge in [-0.25, -0.2) is 4.79 Å². The molecule has 10 nitrogen and oxygen atoms in total. The molecule has 2 heterocycles. The number of anilines is 2. The summed E-state index contributed by atoms with van der Waals surface area (Å²) >= 11 is 1.25. The van der Waals surface area contributed by atoms with Crippen molar-refractivity contribution < 1.29 is 38.1 Å². The van der Waals surface area contributed by atoms with E-state index in [9.17, 15) is 14.4 Å². The lowest BCUT2D eigenvalue weighted by Gasteiger charge is -2.15. The number of rotatable bonds is 8. The molecular formula is C23H20N2O8S. The first-order chi connectivity index (χ1) is 16.5. The number of hydrogen-bond acceptors (Lipinski definition) is 9. The molecule has 3 aromatic rings. The number of amides is 2. The molecule has 0 bridgehead atoms. The minimum Gasteiger partial charge on any atom is -0.493 e. The van der Waals surface area contributed by atoms with E-state index in [-0.39, 0.29) is 23.8 Å². The molecule has 1 aliphatic heterocycles. The minimum atomic E-state index is -0.830. The third-order valence-electron chi connectivity index (χ3n) is 4.73. The molecule has 2 N–H and O–H groups in total. The molecule has 0 unspecified atom stereocenters. The van der Waals surface area contributed by atoms with Crippen molar-refractivity contribution in [2.75, 3.05) is 38.3 Å². The van der Waals surface area contributed by atoms with Crippen molar-refractivity contribution in [3.63, 3.8) is 0 Å². The normalized spacial score (nSPS) is 11.5. The van der Waals surface area contributed by atoms with E-state index in [1.165, 1.54) is 37.7 Å². The zero-order valence-corrected chi connectivity index (χ0v) is 19.0. The molecule has 2 aromatic carbocycles. The van der Waals surface area contributed by atoms with Crippen LogP contribution in [0.15, 0.2) is 47.8 Å². The summed E-state index contributed by atoms with van der Waals surface area (Å²) in [6.07, 6.45) is 0. The van der Waals surface area contributed by atoms with Crippen molar-refractivity contribution >= 4 is 40.5 Å². The van der Waals surface area contributed by atoms with Gasteiger partial charge in [-0.1, -0.05) is 6.07 Å². The van der Waals surface area contributed by atoms with Crippen LogP contribution in [0.4, 0.5) is 11.4 Å². The minimum absolute atomic E-state index is 0.00145. The first kappa shape index (κ1) is 22.9. The van der Waals surface area contributed by atoms with Crippen LogP contribution in [0, 0.1) is 0 Å². The average molecular weight is 484 g/mol. The number of carbonyl (C=O) groups is 3. The molecule has 4 rings (SSSR count). The molecule has 11 heteroatoms. The van der Waals surface area contributed by atoms with Crippen LogP contribution in [-0.4, -0.2) is 45.4 Å². The summed E-state index contributed by atoms with van der Waals surface area (Å²) in [5.74, 6) is -0.146. The van der Waals surface area contributed by atoms with Gasteiger partial charge in [0.15, 0.2) is 29.6 Å². The molecular weight excluding hydrogens is 464 g/mol. The lowest BCUT2D eigenvalue weighted by Crippen LogP contribution is -2.22. The Morgan fingerprint density at radius 1 is 0.971 bits per heavy atom. The highest BCUT2D eigenvalue weighted by atomic mass is 32.1. The maximum Gasteiger partial charge on any atom is 0.340 e. The van der Waals surface area contributed by atoms with E-state index in [0.717, 1.165) is 0 Å². The van der Waals surface area contributed by atoms with E-state index in [2.05, 4.69) is 10.6 Å². The van der Waals surface area contributed by atoms with Gasteiger partial charge in [-0.05, 0) is 23.6 Å². The molecule has 1 aliphatic rings. The smallest absolute Gasteiger partial charge is 0.340 e. The van der Waals surface area contributed by atoms with Gasteiger partial charge in [0.2, 0.25) is 6.79 Å². The Hall–Kier alpha value is -4.25. The monoisotopic (exact) mass is 484 g/mol. The van der Waals surface area contributed by atoms with Crippen molar-refractivity contribution in [3.05, 3.63) is 58.3 Å². The largest absolute Gasteiger partial charge is 0.493 e. The van der Waals surface area contributed by atoms with Crippen molar-refractivity contribution in [2.24, 2.45) is 0 Å². The molecule has 0 saturated carbocycles. The third kappa shape index (κ3) is 5.04. The summed E-state index contributed by atoms with van der Waals surface area (Å²) in [4.78, 5) is 38.1. The van der Waals surface area contributed by atoms with Crippen molar-refractivity contribution in [1.82, 2.24) is 0 Å². The summed E-state index contributed by atoms with van der Waals surface area (Å²) in [5, 5.41) is 7.06.